The maximum atomic E-state index is 10.8. The fourth-order valence-corrected chi connectivity index (χ4v) is 2.04. The van der Waals surface area contributed by atoms with E-state index in [4.69, 9.17) is 10.8 Å². The second-order valence-electron chi connectivity index (χ2n) is 4.25. The summed E-state index contributed by atoms with van der Waals surface area (Å²) >= 11 is 0. The number of H-pyrrole nitrogens is 2. The Hall–Kier alpha value is -2.60. The third kappa shape index (κ3) is 1.88. The number of para-hydroxylation sites is 1. The van der Waals surface area contributed by atoms with E-state index in [1.54, 1.807) is 6.20 Å². The number of fused-ring (bicyclic) bond motifs is 1. The third-order valence-corrected chi connectivity index (χ3v) is 3.04. The van der Waals surface area contributed by atoms with Crippen LogP contribution < -0.4 is 5.73 Å². The molecule has 0 aliphatic heterocycles. The minimum atomic E-state index is -1.14. The highest BCUT2D eigenvalue weighted by Gasteiger charge is 2.18. The summed E-state index contributed by atoms with van der Waals surface area (Å²) in [7, 11) is 0. The molecule has 3 rings (SSSR count). The number of carbonyl (C=O) groups is 1. The van der Waals surface area contributed by atoms with Crippen LogP contribution in [0.3, 0.4) is 0 Å². The number of carboxylic acids is 1. The van der Waals surface area contributed by atoms with Gasteiger partial charge in [0.25, 0.3) is 0 Å². The molecule has 5 N–H and O–H groups in total. The number of carboxylic acid groups (broad SMARTS) is 1. The fourth-order valence-electron chi connectivity index (χ4n) is 2.04. The first-order valence-electron chi connectivity index (χ1n) is 5.76. The summed E-state index contributed by atoms with van der Waals surface area (Å²) in [5.74, 6) is -0.868. The van der Waals surface area contributed by atoms with Crippen LogP contribution in [0.4, 0.5) is 0 Å². The van der Waals surface area contributed by atoms with E-state index in [1.165, 1.54) is 0 Å². The zero-order chi connectivity index (χ0) is 13.4. The molecule has 3 aromatic rings. The van der Waals surface area contributed by atoms with E-state index >= 15 is 0 Å². The van der Waals surface area contributed by atoms with Gasteiger partial charge in [-0.1, -0.05) is 18.2 Å². The smallest absolute Gasteiger partial charge is 0.328 e. The highest BCUT2D eigenvalue weighted by Crippen LogP contribution is 2.27. The first-order valence-corrected chi connectivity index (χ1v) is 5.76. The van der Waals surface area contributed by atoms with E-state index < -0.39 is 12.0 Å². The zero-order valence-electron chi connectivity index (χ0n) is 9.92. The number of benzene rings is 1. The van der Waals surface area contributed by atoms with Crippen LogP contribution in [0.1, 0.15) is 11.9 Å². The molecule has 1 unspecified atom stereocenters. The Morgan fingerprint density at radius 3 is 2.95 bits per heavy atom. The Morgan fingerprint density at radius 1 is 1.37 bits per heavy atom. The van der Waals surface area contributed by atoms with E-state index in [2.05, 4.69) is 15.0 Å². The van der Waals surface area contributed by atoms with Crippen molar-refractivity contribution in [1.29, 1.82) is 0 Å². The molecule has 0 saturated carbocycles. The van der Waals surface area contributed by atoms with Crippen LogP contribution in [-0.2, 0) is 4.79 Å². The molecular weight excluding hydrogens is 244 g/mol. The van der Waals surface area contributed by atoms with Crippen molar-refractivity contribution in [1.82, 2.24) is 15.0 Å². The van der Waals surface area contributed by atoms with Crippen LogP contribution >= 0.6 is 0 Å². The second-order valence-corrected chi connectivity index (χ2v) is 4.25. The minimum Gasteiger partial charge on any atom is -0.480 e. The van der Waals surface area contributed by atoms with E-state index in [0.717, 1.165) is 22.2 Å². The molecule has 0 aliphatic carbocycles. The molecule has 6 heteroatoms. The lowest BCUT2D eigenvalue weighted by Crippen LogP contribution is -2.21. The summed E-state index contributed by atoms with van der Waals surface area (Å²) in [4.78, 5) is 20.9. The number of nitrogens with zero attached hydrogens (tertiary/aromatic N) is 1. The number of imidazole rings is 1. The van der Waals surface area contributed by atoms with Gasteiger partial charge in [0.2, 0.25) is 0 Å². The summed E-state index contributed by atoms with van der Waals surface area (Å²) in [5.41, 5.74) is 8.20. The van der Waals surface area contributed by atoms with Crippen molar-refractivity contribution in [2.45, 2.75) is 6.04 Å². The zero-order valence-corrected chi connectivity index (χ0v) is 9.92. The van der Waals surface area contributed by atoms with Gasteiger partial charge in [0.1, 0.15) is 5.82 Å². The number of aromatic nitrogens is 3. The van der Waals surface area contributed by atoms with Crippen LogP contribution in [0.15, 0.2) is 36.7 Å². The first-order chi connectivity index (χ1) is 9.16. The largest absolute Gasteiger partial charge is 0.480 e. The normalized spacial score (nSPS) is 12.7. The average Bonchev–Trinajstić information content (AvgIpc) is 3.03. The average molecular weight is 256 g/mol. The molecule has 0 amide bonds. The van der Waals surface area contributed by atoms with Gasteiger partial charge in [0, 0.05) is 22.7 Å². The molecule has 0 radical (unpaired) electrons. The molecule has 2 heterocycles. The Morgan fingerprint density at radius 2 is 2.16 bits per heavy atom. The van der Waals surface area contributed by atoms with Crippen molar-refractivity contribution in [2.24, 2.45) is 5.73 Å². The Bertz CT molecular complexity index is 744. The molecule has 0 spiro atoms. The molecule has 6 nitrogen and oxygen atoms in total. The van der Waals surface area contributed by atoms with E-state index in [-0.39, 0.29) is 5.82 Å². The lowest BCUT2D eigenvalue weighted by molar-refractivity contribution is -0.138. The van der Waals surface area contributed by atoms with Gasteiger partial charge in [-0.3, -0.25) is 4.79 Å². The standard InChI is InChI=1S/C13H12N4O2/c14-11(13(18)19)12-16-6-10(17-12)8-5-15-9-4-2-1-3-7(8)9/h1-6,11,15H,14H2,(H,16,17)(H,18,19). The van der Waals surface area contributed by atoms with Crippen molar-refractivity contribution in [3.8, 4) is 11.3 Å². The van der Waals surface area contributed by atoms with Gasteiger partial charge < -0.3 is 20.8 Å². The summed E-state index contributed by atoms with van der Waals surface area (Å²) in [6.45, 7) is 0. The topological polar surface area (TPSA) is 108 Å². The third-order valence-electron chi connectivity index (χ3n) is 3.04. The SMILES string of the molecule is NC(C(=O)O)c1ncc(-c2c[nH]c3ccccc23)[nH]1. The van der Waals surface area contributed by atoms with Gasteiger partial charge in [0.05, 0.1) is 11.9 Å². The maximum Gasteiger partial charge on any atom is 0.328 e. The van der Waals surface area contributed by atoms with Crippen molar-refractivity contribution < 1.29 is 9.90 Å². The van der Waals surface area contributed by atoms with Crippen LogP contribution in [0, 0.1) is 0 Å². The predicted octanol–water partition coefficient (Wildman–Crippen LogP) is 1.64. The molecule has 2 aromatic heterocycles. The molecule has 0 aliphatic rings. The van der Waals surface area contributed by atoms with Crippen molar-refractivity contribution in [3.63, 3.8) is 0 Å². The molecule has 0 fully saturated rings. The van der Waals surface area contributed by atoms with Gasteiger partial charge in [-0.15, -0.1) is 0 Å². The van der Waals surface area contributed by atoms with Crippen LogP contribution in [-0.4, -0.2) is 26.0 Å². The molecule has 1 aromatic carbocycles. The second kappa shape index (κ2) is 4.25. The summed E-state index contributed by atoms with van der Waals surface area (Å²) in [6.07, 6.45) is 3.45. The number of hydrogen-bond acceptors (Lipinski definition) is 3. The number of rotatable bonds is 3. The molecular formula is C13H12N4O2. The molecule has 0 bridgehead atoms. The Kier molecular flexibility index (Phi) is 2.57. The highest BCUT2D eigenvalue weighted by atomic mass is 16.4. The van der Waals surface area contributed by atoms with Crippen molar-refractivity contribution in [3.05, 3.63) is 42.5 Å². The van der Waals surface area contributed by atoms with Gasteiger partial charge in [-0.2, -0.15) is 0 Å². The number of hydrogen-bond donors (Lipinski definition) is 4. The van der Waals surface area contributed by atoms with E-state index in [0.29, 0.717) is 0 Å². The van der Waals surface area contributed by atoms with Crippen LogP contribution in [0.2, 0.25) is 0 Å². The maximum absolute atomic E-state index is 10.8. The quantitative estimate of drug-likeness (QED) is 0.571. The Balaban J connectivity index is 2.05. The highest BCUT2D eigenvalue weighted by molar-refractivity contribution is 5.94. The van der Waals surface area contributed by atoms with Crippen molar-refractivity contribution >= 4 is 16.9 Å². The van der Waals surface area contributed by atoms with Gasteiger partial charge >= 0.3 is 5.97 Å². The molecule has 19 heavy (non-hydrogen) atoms. The lowest BCUT2D eigenvalue weighted by atomic mass is 10.1. The summed E-state index contributed by atoms with van der Waals surface area (Å²) in [5, 5.41) is 9.90. The summed E-state index contributed by atoms with van der Waals surface area (Å²) < 4.78 is 0. The molecule has 0 saturated heterocycles. The Labute approximate surface area is 108 Å². The van der Waals surface area contributed by atoms with Gasteiger partial charge in [0.15, 0.2) is 6.04 Å². The number of aliphatic carboxylic acids is 1. The predicted molar refractivity (Wildman–Crippen MR) is 70.4 cm³/mol. The number of nitrogens with one attached hydrogen (secondary N) is 2. The monoisotopic (exact) mass is 256 g/mol. The molecule has 96 valence electrons. The summed E-state index contributed by atoms with van der Waals surface area (Å²) in [6, 6.07) is 6.71. The van der Waals surface area contributed by atoms with Crippen molar-refractivity contribution in [2.75, 3.05) is 0 Å². The lowest BCUT2D eigenvalue weighted by Gasteiger charge is -2.01. The fraction of sp³-hybridized carbons (Fsp3) is 0.0769. The number of aromatic amines is 2. The minimum absolute atomic E-state index is 0.243. The number of nitrogens with two attached hydrogens (primary N) is 1. The van der Waals surface area contributed by atoms with E-state index in [9.17, 15) is 4.79 Å². The van der Waals surface area contributed by atoms with Crippen LogP contribution in [0.25, 0.3) is 22.2 Å². The van der Waals surface area contributed by atoms with Gasteiger partial charge in [-0.25, -0.2) is 4.98 Å². The van der Waals surface area contributed by atoms with E-state index in [1.807, 2.05) is 30.5 Å². The van der Waals surface area contributed by atoms with Gasteiger partial charge in [-0.05, 0) is 6.07 Å². The first kappa shape index (κ1) is 11.5. The molecule has 1 atom stereocenters. The van der Waals surface area contributed by atoms with Crippen LogP contribution in [0.5, 0.6) is 0 Å².